The van der Waals surface area contributed by atoms with Gasteiger partial charge in [0, 0.05) is 79.3 Å². The van der Waals surface area contributed by atoms with Crippen LogP contribution in [-0.2, 0) is 41.8 Å². The summed E-state index contributed by atoms with van der Waals surface area (Å²) in [4.78, 5) is 96.4. The number of amides is 6. The van der Waals surface area contributed by atoms with Crippen LogP contribution in [0.25, 0.3) is 21.8 Å². The van der Waals surface area contributed by atoms with E-state index in [1.54, 1.807) is 60.7 Å². The van der Waals surface area contributed by atoms with E-state index in [0.29, 0.717) is 11.0 Å². The molecule has 4 aliphatic heterocycles. The van der Waals surface area contributed by atoms with Gasteiger partial charge in [0.2, 0.25) is 17.7 Å². The molecule has 0 bridgehead atoms. The van der Waals surface area contributed by atoms with Crippen molar-refractivity contribution in [2.45, 2.75) is 184 Å². The van der Waals surface area contributed by atoms with Gasteiger partial charge in [0.25, 0.3) is 0 Å². The fourth-order valence-electron chi connectivity index (χ4n) is 15.0. The molecule has 2 saturated carbocycles. The summed E-state index contributed by atoms with van der Waals surface area (Å²) in [5, 5.41) is 27.4. The third-order valence-electron chi connectivity index (χ3n) is 19.7. The Morgan fingerprint density at radius 3 is 1.50 bits per heavy atom. The Morgan fingerprint density at radius 2 is 1.05 bits per heavy atom. The Balaban J connectivity index is 0.000000207. The van der Waals surface area contributed by atoms with Crippen LogP contribution in [0.1, 0.15) is 133 Å². The minimum atomic E-state index is -1.09. The number of β-amino-alcohol motifs (C(OH)–C–C–N with tert-alkyl or cyclic N) is 2. The summed E-state index contributed by atoms with van der Waals surface area (Å²) in [7, 11) is 1.48. The molecule has 6 fully saturated rings. The maximum Gasteiger partial charge on any atom is 0.410 e. The van der Waals surface area contributed by atoms with Crippen LogP contribution in [0.3, 0.4) is 0 Å². The van der Waals surface area contributed by atoms with Gasteiger partial charge in [-0.1, -0.05) is 107 Å². The highest BCUT2D eigenvalue weighted by Gasteiger charge is 2.60. The smallest absolute Gasteiger partial charge is 0.410 e. The van der Waals surface area contributed by atoms with Crippen molar-refractivity contribution < 1.29 is 62.0 Å². The summed E-state index contributed by atoms with van der Waals surface area (Å²) < 4.78 is 45.0. The molecule has 4 saturated heterocycles. The van der Waals surface area contributed by atoms with Crippen LogP contribution in [0.2, 0.25) is 0 Å². The number of H-pyrrole nitrogens is 2. The first-order valence-corrected chi connectivity index (χ1v) is 32.1. The Hall–Kier alpha value is -8.08. The van der Waals surface area contributed by atoms with Crippen LogP contribution in [0.4, 0.5) is 23.2 Å². The molecule has 6 aliphatic rings. The standard InChI is InChI=1S/C39H50FN5O7.C30H35FN4O4.CH4/c1-23(43(5)37(49)52-39(2,3)4)35(47)42-32(25-14-10-7-11-15-25)36(48)44-21-31(46)34-33(44)29(28-19-41-30-18-26(40)16-17-27(28)30)20-45(34)38(50)51-22-24-12-8-6-9-13-24;31-20-11-12-21-22(14-33-24(21)13-20)23-15-35(30(38)39-17-18-7-3-1-4-8-18)28-25(36)16-34(27(23)28)29(37)26(32)19-9-5-2-6-10-19;/h6,8-9,12-13,16-19,23,25,29,31-34,41,46H,7,10-11,14-15,20-22H2,1-5H3,(H,42,47);1,3-4,7-8,11-14,19,23,25-28,33,36H,2,5-6,9-10,15-17,32H2;1H4/t23-,29+,31+,32-,33+,34+;23-,25-,26+,27-,28-;/m01./s1. The number of rotatable bonds is 13. The third kappa shape index (κ3) is 14.1. The van der Waals surface area contributed by atoms with E-state index < -0.39 is 96.0 Å². The van der Waals surface area contributed by atoms with E-state index >= 15 is 0 Å². The Morgan fingerprint density at radius 1 is 0.620 bits per heavy atom. The zero-order chi connectivity index (χ0) is 64.4. The number of hydrogen-bond donors (Lipinski definition) is 6. The lowest BCUT2D eigenvalue weighted by Gasteiger charge is -2.37. The highest BCUT2D eigenvalue weighted by atomic mass is 19.1. The van der Waals surface area contributed by atoms with Crippen molar-refractivity contribution in [2.24, 2.45) is 17.6 Å². The van der Waals surface area contributed by atoms with Gasteiger partial charge in [-0.15, -0.1) is 0 Å². The second-order valence-electron chi connectivity index (χ2n) is 26.6. The number of aliphatic hydroxyl groups is 2. The molecule has 0 unspecified atom stereocenters. The maximum absolute atomic E-state index is 14.9. The van der Waals surface area contributed by atoms with Crippen LogP contribution >= 0.6 is 0 Å². The number of nitrogens with two attached hydrogens (primary N) is 1. The van der Waals surface area contributed by atoms with Crippen molar-refractivity contribution in [3.8, 4) is 0 Å². The van der Waals surface area contributed by atoms with Crippen molar-refractivity contribution in [1.29, 1.82) is 0 Å². The summed E-state index contributed by atoms with van der Waals surface area (Å²) in [6.45, 7) is 7.41. The van der Waals surface area contributed by atoms with Gasteiger partial charge in [-0.05, 0) is 124 Å². The molecule has 494 valence electrons. The van der Waals surface area contributed by atoms with Crippen molar-refractivity contribution >= 4 is 57.8 Å². The quantitative estimate of drug-likeness (QED) is 0.0591. The van der Waals surface area contributed by atoms with Crippen LogP contribution in [0.15, 0.2) is 109 Å². The maximum atomic E-state index is 14.9. The van der Waals surface area contributed by atoms with E-state index in [1.807, 2.05) is 66.9 Å². The number of aromatic amines is 2. The number of aromatic nitrogens is 2. The summed E-state index contributed by atoms with van der Waals surface area (Å²) in [5.74, 6) is -2.60. The molecule has 2 aliphatic carbocycles. The van der Waals surface area contributed by atoms with E-state index in [9.17, 15) is 47.8 Å². The molecule has 11 atom stereocenters. The molecule has 0 spiro atoms. The van der Waals surface area contributed by atoms with E-state index in [2.05, 4.69) is 15.3 Å². The van der Waals surface area contributed by atoms with E-state index in [4.69, 9.17) is 19.9 Å². The molecule has 2 aromatic heterocycles. The molecule has 12 rings (SSSR count). The lowest BCUT2D eigenvalue weighted by molar-refractivity contribution is -0.140. The second kappa shape index (κ2) is 28.4. The number of nitrogens with zero attached hydrogens (tertiary/aromatic N) is 5. The molecule has 92 heavy (non-hydrogen) atoms. The van der Waals surface area contributed by atoms with Gasteiger partial charge in [0.1, 0.15) is 42.5 Å². The molecule has 4 aromatic carbocycles. The van der Waals surface area contributed by atoms with Crippen LogP contribution < -0.4 is 11.1 Å². The first kappa shape index (κ1) is 66.8. The highest BCUT2D eigenvalue weighted by Crippen LogP contribution is 2.47. The Kier molecular flexibility index (Phi) is 20.6. The van der Waals surface area contributed by atoms with Gasteiger partial charge in [-0.2, -0.15) is 0 Å². The monoisotopic (exact) mass is 1270 g/mol. The molecule has 20 nitrogen and oxygen atoms in total. The number of carbonyl (C=O) groups is 6. The van der Waals surface area contributed by atoms with Gasteiger partial charge in [0.05, 0.1) is 42.4 Å². The number of ether oxygens (including phenoxy) is 3. The summed E-state index contributed by atoms with van der Waals surface area (Å²) in [5.41, 5.74) is 10.3. The lowest BCUT2D eigenvalue weighted by atomic mass is 9.82. The first-order chi connectivity index (χ1) is 43.6. The molecular formula is C70H89F2N9O11. The zero-order valence-corrected chi connectivity index (χ0v) is 52.3. The lowest BCUT2D eigenvalue weighted by Crippen LogP contribution is -2.58. The van der Waals surface area contributed by atoms with Crippen LogP contribution in [-0.4, -0.2) is 174 Å². The summed E-state index contributed by atoms with van der Waals surface area (Å²) in [6.07, 6.45) is 9.19. The topological polar surface area (TPSA) is 256 Å². The third-order valence-corrected chi connectivity index (χ3v) is 19.7. The predicted octanol–water partition coefficient (Wildman–Crippen LogP) is 9.83. The number of fused-ring (bicyclic) bond motifs is 4. The minimum absolute atomic E-state index is 0. The van der Waals surface area contributed by atoms with Gasteiger partial charge in [0.15, 0.2) is 0 Å². The number of likely N-dealkylation sites (N-methyl/N-ethyl adjacent to an activating group) is 1. The number of halogens is 2. The van der Waals surface area contributed by atoms with Crippen molar-refractivity contribution in [2.75, 3.05) is 33.2 Å². The van der Waals surface area contributed by atoms with Gasteiger partial charge in [-0.25, -0.2) is 23.2 Å². The second-order valence-corrected chi connectivity index (χ2v) is 26.6. The van der Waals surface area contributed by atoms with E-state index in [-0.39, 0.29) is 82.2 Å². The number of likely N-dealkylation sites (tertiary alicyclic amines) is 4. The average molecular weight is 1270 g/mol. The van der Waals surface area contributed by atoms with Crippen LogP contribution in [0.5, 0.6) is 0 Å². The molecule has 0 radical (unpaired) electrons. The van der Waals surface area contributed by atoms with Gasteiger partial charge < -0.3 is 55.2 Å². The molecule has 6 aromatic rings. The average Bonchev–Trinajstić information content (AvgIpc) is 1.58. The summed E-state index contributed by atoms with van der Waals surface area (Å²) in [6, 6.07) is 22.6. The SMILES string of the molecule is C.C[C@@H](C(=O)N[C@H](C(=O)N1C[C@@H](O)[C@@H]2[C@H]1[C@@H](c1c[nH]c3cc(F)ccc13)CN2C(=O)OCc1ccccc1)C1CCCCC1)N(C)C(=O)OC(C)(C)C.N[C@H](C(=O)N1C[C@@H](O)[C@@H]2[C@H]1[C@@H](c1c[nH]c3cc(F)ccc13)CN2C(=O)OCc1ccccc1)C1CCCCC1. The van der Waals surface area contributed by atoms with Gasteiger partial charge in [-0.3, -0.25) is 29.1 Å². The molecular weight excluding hydrogens is 1180 g/mol. The predicted molar refractivity (Wildman–Crippen MR) is 342 cm³/mol. The van der Waals surface area contributed by atoms with Crippen LogP contribution in [0, 0.1) is 23.5 Å². The first-order valence-electron chi connectivity index (χ1n) is 32.1. The van der Waals surface area contributed by atoms with Crippen molar-refractivity contribution in [3.05, 3.63) is 143 Å². The van der Waals surface area contributed by atoms with Gasteiger partial charge >= 0.3 is 18.3 Å². The summed E-state index contributed by atoms with van der Waals surface area (Å²) >= 11 is 0. The van der Waals surface area contributed by atoms with E-state index in [1.165, 1.54) is 41.1 Å². The van der Waals surface area contributed by atoms with Crippen molar-refractivity contribution in [3.63, 3.8) is 0 Å². The number of aliphatic hydroxyl groups excluding tert-OH is 2. The van der Waals surface area contributed by atoms with E-state index in [0.717, 1.165) is 97.2 Å². The fourth-order valence-corrected chi connectivity index (χ4v) is 15.0. The minimum Gasteiger partial charge on any atom is -0.445 e. The molecule has 22 heteroatoms. The Labute approximate surface area is 536 Å². The van der Waals surface area contributed by atoms with Crippen molar-refractivity contribution in [1.82, 2.24) is 39.8 Å². The molecule has 7 N–H and O–H groups in total. The molecule has 6 heterocycles. The number of nitrogens with one attached hydrogen (secondary N) is 3. The normalized spacial score (nSPS) is 24.2. The number of hydrogen-bond acceptors (Lipinski definition) is 12. The zero-order valence-electron chi connectivity index (χ0n) is 52.3. The largest absolute Gasteiger partial charge is 0.445 e. The Bertz CT molecular complexity index is 3570. The fraction of sp³-hybridized carbons (Fsp3) is 0.514. The highest BCUT2D eigenvalue weighted by molar-refractivity contribution is 5.92. The molecule has 6 amide bonds. The number of benzene rings is 4. The number of carbonyl (C=O) groups excluding carboxylic acids is 6.